The van der Waals surface area contributed by atoms with Gasteiger partial charge in [-0.1, -0.05) is 23.4 Å². The highest BCUT2D eigenvalue weighted by molar-refractivity contribution is 7.89. The Morgan fingerprint density at radius 2 is 1.83 bits per heavy atom. The normalized spacial score (nSPS) is 17.7. The third-order valence-electron chi connectivity index (χ3n) is 3.15. The number of rotatable bonds is 2. The molecule has 0 unspecified atom stereocenters. The first kappa shape index (κ1) is 13.0. The molecule has 1 aliphatic heterocycles. The molecule has 0 aliphatic carbocycles. The monoisotopic (exact) mass is 268 g/mol. The fourth-order valence-corrected chi connectivity index (χ4v) is 3.74. The molecule has 0 atom stereocenters. The van der Waals surface area contributed by atoms with Gasteiger partial charge in [0.2, 0.25) is 10.0 Å². The molecule has 6 heteroatoms. The average molecular weight is 268 g/mol. The number of sulfonamides is 1. The number of piperidine rings is 1. The topological polar surface area (TPSA) is 70.0 Å². The Labute approximate surface area is 107 Å². The van der Waals surface area contributed by atoms with E-state index >= 15 is 0 Å². The van der Waals surface area contributed by atoms with E-state index in [0.717, 1.165) is 5.56 Å². The highest BCUT2D eigenvalue weighted by Gasteiger charge is 2.28. The van der Waals surface area contributed by atoms with E-state index in [9.17, 15) is 8.42 Å². The van der Waals surface area contributed by atoms with Gasteiger partial charge in [-0.2, -0.15) is 4.31 Å². The average Bonchev–Trinajstić information content (AvgIpc) is 2.39. The van der Waals surface area contributed by atoms with Crippen LogP contribution in [-0.4, -0.2) is 36.7 Å². The van der Waals surface area contributed by atoms with Gasteiger partial charge in [-0.25, -0.2) is 8.42 Å². The molecule has 2 rings (SSSR count). The number of aryl methyl sites for hydroxylation is 1. The lowest BCUT2D eigenvalue weighted by Crippen LogP contribution is -2.38. The van der Waals surface area contributed by atoms with Crippen LogP contribution in [0.5, 0.6) is 0 Å². The zero-order valence-electron chi connectivity index (χ0n) is 10.2. The predicted molar refractivity (Wildman–Crippen MR) is 68.4 cm³/mol. The van der Waals surface area contributed by atoms with Gasteiger partial charge in [0, 0.05) is 25.9 Å². The molecule has 1 saturated heterocycles. The molecule has 5 nitrogen and oxygen atoms in total. The van der Waals surface area contributed by atoms with Crippen molar-refractivity contribution >= 4 is 15.7 Å². The van der Waals surface area contributed by atoms with Gasteiger partial charge in [0.05, 0.1) is 10.6 Å². The molecule has 1 aromatic rings. The SMILES string of the molecule is Cc1ccccc1S(=O)(=O)N1CCC(=NO)CC1. The summed E-state index contributed by atoms with van der Waals surface area (Å²) in [5.74, 6) is 0. The van der Waals surface area contributed by atoms with Crippen molar-refractivity contribution in [2.75, 3.05) is 13.1 Å². The molecule has 98 valence electrons. The molecule has 1 fully saturated rings. The van der Waals surface area contributed by atoms with Crippen LogP contribution in [0.3, 0.4) is 0 Å². The first-order chi connectivity index (χ1) is 8.55. The third-order valence-corrected chi connectivity index (χ3v) is 5.21. The van der Waals surface area contributed by atoms with Gasteiger partial charge in [-0.3, -0.25) is 0 Å². The lowest BCUT2D eigenvalue weighted by atomic mass is 10.1. The Balaban J connectivity index is 2.26. The summed E-state index contributed by atoms with van der Waals surface area (Å²) in [5.41, 5.74) is 1.41. The number of benzene rings is 1. The minimum absolute atomic E-state index is 0.356. The summed E-state index contributed by atoms with van der Waals surface area (Å²) >= 11 is 0. The lowest BCUT2D eigenvalue weighted by Gasteiger charge is -2.26. The van der Waals surface area contributed by atoms with Crippen LogP contribution in [0.2, 0.25) is 0 Å². The van der Waals surface area contributed by atoms with Crippen LogP contribution in [0, 0.1) is 6.92 Å². The first-order valence-electron chi connectivity index (χ1n) is 5.81. The van der Waals surface area contributed by atoms with Crippen molar-refractivity contribution in [2.45, 2.75) is 24.7 Å². The van der Waals surface area contributed by atoms with E-state index in [4.69, 9.17) is 5.21 Å². The van der Waals surface area contributed by atoms with Crippen LogP contribution in [-0.2, 0) is 10.0 Å². The van der Waals surface area contributed by atoms with Crippen LogP contribution in [0.15, 0.2) is 34.3 Å². The first-order valence-corrected chi connectivity index (χ1v) is 7.25. The van der Waals surface area contributed by atoms with Gasteiger partial charge in [0.1, 0.15) is 0 Å². The predicted octanol–water partition coefficient (Wildman–Crippen LogP) is 1.61. The maximum atomic E-state index is 12.4. The second-order valence-corrected chi connectivity index (χ2v) is 6.24. The van der Waals surface area contributed by atoms with Crippen LogP contribution in [0.1, 0.15) is 18.4 Å². The number of hydrogen-bond acceptors (Lipinski definition) is 4. The second kappa shape index (κ2) is 5.07. The van der Waals surface area contributed by atoms with Gasteiger partial charge in [-0.15, -0.1) is 0 Å². The van der Waals surface area contributed by atoms with Gasteiger partial charge < -0.3 is 5.21 Å². The minimum Gasteiger partial charge on any atom is -0.411 e. The molecule has 0 spiro atoms. The quantitative estimate of drug-likeness (QED) is 0.654. The molecule has 0 radical (unpaired) electrons. The van der Waals surface area contributed by atoms with Crippen molar-refractivity contribution in [3.8, 4) is 0 Å². The van der Waals surface area contributed by atoms with Gasteiger partial charge in [-0.05, 0) is 18.6 Å². The molecule has 1 aromatic carbocycles. The van der Waals surface area contributed by atoms with E-state index in [0.29, 0.717) is 36.5 Å². The van der Waals surface area contributed by atoms with Crippen molar-refractivity contribution in [3.63, 3.8) is 0 Å². The van der Waals surface area contributed by atoms with Crippen LogP contribution in [0.4, 0.5) is 0 Å². The lowest BCUT2D eigenvalue weighted by molar-refractivity contribution is 0.309. The summed E-state index contributed by atoms with van der Waals surface area (Å²) in [6.07, 6.45) is 0.975. The van der Waals surface area contributed by atoms with Crippen molar-refractivity contribution in [2.24, 2.45) is 5.16 Å². The minimum atomic E-state index is -3.43. The number of nitrogens with zero attached hydrogens (tertiary/aromatic N) is 2. The molecular weight excluding hydrogens is 252 g/mol. The molecule has 1 heterocycles. The largest absolute Gasteiger partial charge is 0.411 e. The summed E-state index contributed by atoms with van der Waals surface area (Å²) in [7, 11) is -3.43. The van der Waals surface area contributed by atoms with Crippen molar-refractivity contribution in [3.05, 3.63) is 29.8 Å². The Bertz CT molecular complexity index is 556. The highest BCUT2D eigenvalue weighted by atomic mass is 32.2. The molecule has 1 N–H and O–H groups in total. The van der Waals surface area contributed by atoms with Crippen LogP contribution in [0.25, 0.3) is 0 Å². The van der Waals surface area contributed by atoms with E-state index in [1.54, 1.807) is 25.1 Å². The molecule has 1 aliphatic rings. The molecule has 0 bridgehead atoms. The number of oxime groups is 1. The summed E-state index contributed by atoms with van der Waals surface area (Å²) in [4.78, 5) is 0.356. The molecule has 18 heavy (non-hydrogen) atoms. The fourth-order valence-electron chi connectivity index (χ4n) is 2.07. The fraction of sp³-hybridized carbons (Fsp3) is 0.417. The van der Waals surface area contributed by atoms with E-state index in [2.05, 4.69) is 5.16 Å². The highest BCUT2D eigenvalue weighted by Crippen LogP contribution is 2.22. The van der Waals surface area contributed by atoms with Gasteiger partial charge in [0.15, 0.2) is 0 Å². The zero-order valence-corrected chi connectivity index (χ0v) is 11.0. The summed E-state index contributed by atoms with van der Waals surface area (Å²) in [6, 6.07) is 6.96. The van der Waals surface area contributed by atoms with E-state index < -0.39 is 10.0 Å². The standard InChI is InChI=1S/C12H16N2O3S/c1-10-4-2-3-5-12(10)18(16,17)14-8-6-11(13-15)7-9-14/h2-5,15H,6-9H2,1H3. The Hall–Kier alpha value is -1.40. The molecule has 0 aromatic heterocycles. The van der Waals surface area contributed by atoms with Crippen molar-refractivity contribution in [1.29, 1.82) is 0 Å². The van der Waals surface area contributed by atoms with Gasteiger partial charge in [0.25, 0.3) is 0 Å². The molecule has 0 amide bonds. The molecular formula is C12H16N2O3S. The third kappa shape index (κ3) is 2.39. The van der Waals surface area contributed by atoms with E-state index in [1.807, 2.05) is 6.07 Å². The Morgan fingerprint density at radius 1 is 1.22 bits per heavy atom. The van der Waals surface area contributed by atoms with Crippen LogP contribution >= 0.6 is 0 Å². The summed E-state index contributed by atoms with van der Waals surface area (Å²) < 4.78 is 26.3. The van der Waals surface area contributed by atoms with Crippen molar-refractivity contribution in [1.82, 2.24) is 4.31 Å². The van der Waals surface area contributed by atoms with E-state index in [1.165, 1.54) is 4.31 Å². The Kier molecular flexibility index (Phi) is 3.68. The Morgan fingerprint density at radius 3 is 2.39 bits per heavy atom. The van der Waals surface area contributed by atoms with E-state index in [-0.39, 0.29) is 0 Å². The smallest absolute Gasteiger partial charge is 0.243 e. The van der Waals surface area contributed by atoms with Crippen molar-refractivity contribution < 1.29 is 13.6 Å². The summed E-state index contributed by atoms with van der Waals surface area (Å²) in [6.45, 7) is 2.53. The maximum absolute atomic E-state index is 12.4. The maximum Gasteiger partial charge on any atom is 0.243 e. The summed E-state index contributed by atoms with van der Waals surface area (Å²) in [5, 5.41) is 11.8. The van der Waals surface area contributed by atoms with Gasteiger partial charge >= 0.3 is 0 Å². The zero-order chi connectivity index (χ0) is 13.2. The second-order valence-electron chi connectivity index (χ2n) is 4.34. The number of hydrogen-bond donors (Lipinski definition) is 1. The van der Waals surface area contributed by atoms with Crippen LogP contribution < -0.4 is 0 Å². The molecule has 0 saturated carbocycles.